The van der Waals surface area contributed by atoms with Crippen molar-refractivity contribution in [3.05, 3.63) is 133 Å². The van der Waals surface area contributed by atoms with Gasteiger partial charge in [-0.3, -0.25) is 29.1 Å². The Balaban J connectivity index is 0.000000145. The summed E-state index contributed by atoms with van der Waals surface area (Å²) < 4.78 is 30.2. The topological polar surface area (TPSA) is 228 Å². The standard InChI is InChI=1S/C28H29N5O4.C18H17ClN4O3.C9H12N2O/c1-32-15-19(16-4-5-16)10-18(28(32)35)11-24-31-27-25(33(24)2)26(36-3)23(14-30-27)37-21-8-9-29-20(12-21)13-22(34)17-6-7-17;1-23-15-16(25-2)14(9-21-17(15)22-18(23)19)26-12-5-6-20-11(7-12)8-13(24)10-3-4-10;1-11-5-7(6-2-3-6)4-8(10)9(11)12/h8-10,12,14-17H,4-7,11,13H2,1-3H3;5-7,9-10H,3-4,8H2,1-2H3;4-6H,2-3,10H2,1H3. The molecule has 0 unspecified atom stereocenters. The van der Waals surface area contributed by atoms with Crippen LogP contribution in [0.2, 0.25) is 5.28 Å². The highest BCUT2D eigenvalue weighted by molar-refractivity contribution is 6.29. The Hall–Kier alpha value is -7.93. The van der Waals surface area contributed by atoms with Crippen LogP contribution >= 0.6 is 11.6 Å². The predicted octanol–water partition coefficient (Wildman–Crippen LogP) is 8.04. The molecule has 0 saturated heterocycles. The number of hydrogen-bond donors (Lipinski definition) is 1. The zero-order valence-electron chi connectivity index (χ0n) is 42.7. The van der Waals surface area contributed by atoms with Crippen LogP contribution in [0.3, 0.4) is 0 Å². The van der Waals surface area contributed by atoms with Gasteiger partial charge in [0, 0.05) is 102 Å². The van der Waals surface area contributed by atoms with E-state index in [4.69, 9.17) is 41.3 Å². The van der Waals surface area contributed by atoms with E-state index in [1.807, 2.05) is 30.1 Å². The maximum atomic E-state index is 12.8. The summed E-state index contributed by atoms with van der Waals surface area (Å²) in [7, 11) is 10.3. The smallest absolute Gasteiger partial charge is 0.273 e. The number of nitrogens with zero attached hydrogens (tertiary/aromatic N) is 10. The van der Waals surface area contributed by atoms with E-state index in [1.165, 1.54) is 36.8 Å². The second-order valence-electron chi connectivity index (χ2n) is 19.8. The molecular formula is C55H58ClN11O8. The molecule has 4 aliphatic rings. The van der Waals surface area contributed by atoms with Gasteiger partial charge in [-0.05, 0) is 110 Å². The maximum Gasteiger partial charge on any atom is 0.273 e. The number of carbonyl (C=O) groups excluding carboxylic acids is 2. The minimum Gasteiger partial charge on any atom is -0.491 e. The molecule has 75 heavy (non-hydrogen) atoms. The first-order chi connectivity index (χ1) is 36.2. The Morgan fingerprint density at radius 3 is 1.60 bits per heavy atom. The highest BCUT2D eigenvalue weighted by atomic mass is 35.5. The van der Waals surface area contributed by atoms with Crippen molar-refractivity contribution in [3.8, 4) is 34.5 Å². The molecule has 0 atom stereocenters. The Bertz CT molecular complexity index is 3600. The van der Waals surface area contributed by atoms with E-state index in [1.54, 1.807) is 104 Å². The van der Waals surface area contributed by atoms with E-state index in [-0.39, 0.29) is 34.5 Å². The number of nitrogen functional groups attached to an aromatic ring is 1. The molecule has 8 aromatic rings. The number of ether oxygens (including phenoxy) is 4. The number of aryl methyl sites for hydroxylation is 4. The number of aromatic nitrogens is 10. The minimum absolute atomic E-state index is 0.0194. The van der Waals surface area contributed by atoms with Crippen molar-refractivity contribution in [2.24, 2.45) is 40.0 Å². The molecule has 0 amide bonds. The van der Waals surface area contributed by atoms with Gasteiger partial charge in [-0.15, -0.1) is 0 Å². The van der Waals surface area contributed by atoms with Gasteiger partial charge in [0.2, 0.25) is 5.28 Å². The summed E-state index contributed by atoms with van der Waals surface area (Å²) in [4.78, 5) is 74.5. The van der Waals surface area contributed by atoms with Crippen LogP contribution < -0.4 is 35.8 Å². The molecule has 0 bridgehead atoms. The molecule has 8 aromatic heterocycles. The van der Waals surface area contributed by atoms with Crippen molar-refractivity contribution in [1.82, 2.24) is 48.2 Å². The van der Waals surface area contributed by atoms with Crippen LogP contribution in [-0.4, -0.2) is 74.0 Å². The molecule has 4 fully saturated rings. The van der Waals surface area contributed by atoms with Crippen LogP contribution in [0.4, 0.5) is 5.69 Å². The van der Waals surface area contributed by atoms with Gasteiger partial charge in [0.05, 0.1) is 43.7 Å². The lowest BCUT2D eigenvalue weighted by Crippen LogP contribution is -2.22. The third-order valence-electron chi connectivity index (χ3n) is 13.9. The lowest BCUT2D eigenvalue weighted by molar-refractivity contribution is -0.120. The number of pyridine rings is 6. The fraction of sp³-hybridized carbons (Fsp3) is 0.382. The number of anilines is 1. The number of nitrogens with two attached hydrogens (primary N) is 1. The Morgan fingerprint density at radius 1 is 0.640 bits per heavy atom. The van der Waals surface area contributed by atoms with E-state index in [2.05, 4.69) is 24.9 Å². The first kappa shape index (κ1) is 50.6. The fourth-order valence-corrected chi connectivity index (χ4v) is 9.22. The molecule has 4 saturated carbocycles. The van der Waals surface area contributed by atoms with Crippen LogP contribution in [0, 0.1) is 11.8 Å². The van der Waals surface area contributed by atoms with Crippen LogP contribution in [0.15, 0.2) is 83.2 Å². The Labute approximate surface area is 436 Å². The highest BCUT2D eigenvalue weighted by Crippen LogP contribution is 2.42. The van der Waals surface area contributed by atoms with Gasteiger partial charge in [0.25, 0.3) is 11.1 Å². The summed E-state index contributed by atoms with van der Waals surface area (Å²) >= 11 is 6.07. The first-order valence-electron chi connectivity index (χ1n) is 25.1. The lowest BCUT2D eigenvalue weighted by Gasteiger charge is -2.12. The van der Waals surface area contributed by atoms with E-state index in [0.29, 0.717) is 122 Å². The summed E-state index contributed by atoms with van der Waals surface area (Å²) in [6.45, 7) is 0. The van der Waals surface area contributed by atoms with Crippen LogP contribution in [0.1, 0.15) is 97.1 Å². The van der Waals surface area contributed by atoms with Gasteiger partial charge in [0.15, 0.2) is 34.3 Å². The average Bonchev–Trinajstić information content (AvgIpc) is 4.19. The van der Waals surface area contributed by atoms with Crippen molar-refractivity contribution in [1.29, 1.82) is 0 Å². The molecule has 2 N–H and O–H groups in total. The molecule has 0 spiro atoms. The van der Waals surface area contributed by atoms with Gasteiger partial charge in [-0.25, -0.2) is 15.0 Å². The summed E-state index contributed by atoms with van der Waals surface area (Å²) in [5.41, 5.74) is 12.6. The van der Waals surface area contributed by atoms with Gasteiger partial charge >= 0.3 is 0 Å². The predicted molar refractivity (Wildman–Crippen MR) is 281 cm³/mol. The summed E-state index contributed by atoms with van der Waals surface area (Å²) in [5, 5.41) is 0.313. The van der Waals surface area contributed by atoms with Crippen molar-refractivity contribution < 1.29 is 28.5 Å². The zero-order chi connectivity index (χ0) is 52.7. The molecule has 388 valence electrons. The number of halogens is 1. The summed E-state index contributed by atoms with van der Waals surface area (Å²) in [6.07, 6.45) is 20.0. The number of methoxy groups -OCH3 is 2. The number of fused-ring (bicyclic) bond motifs is 2. The first-order valence-corrected chi connectivity index (χ1v) is 25.4. The van der Waals surface area contributed by atoms with Crippen molar-refractivity contribution >= 4 is 51.2 Å². The zero-order valence-corrected chi connectivity index (χ0v) is 43.5. The van der Waals surface area contributed by atoms with Crippen LogP contribution in [-0.2, 0) is 57.0 Å². The van der Waals surface area contributed by atoms with Gasteiger partial charge in [-0.1, -0.05) is 0 Å². The maximum absolute atomic E-state index is 12.8. The number of ketones is 2. The quantitative estimate of drug-likeness (QED) is 0.0966. The number of carbonyl (C=O) groups is 2. The van der Waals surface area contributed by atoms with Gasteiger partial charge in [-0.2, -0.15) is 4.98 Å². The lowest BCUT2D eigenvalue weighted by atomic mass is 10.1. The Kier molecular flexibility index (Phi) is 14.3. The SMILES string of the molecule is COc1c(Oc2ccnc(CC(=O)C3CC3)c2)cnc2nc(Cc3cc(C4CC4)cn(C)c3=O)n(C)c12.COc1c(Oc2ccnc(CC(=O)C3CC3)c2)cnc2nc(Cl)n(C)c12.Cn1cc(C2CC2)cc(N)c1=O. The van der Waals surface area contributed by atoms with Crippen LogP contribution in [0.5, 0.6) is 34.5 Å². The second kappa shape index (κ2) is 21.1. The Morgan fingerprint density at radius 2 is 1.12 bits per heavy atom. The molecule has 0 aliphatic heterocycles. The average molecular weight is 1040 g/mol. The molecule has 0 radical (unpaired) electrons. The number of rotatable bonds is 16. The van der Waals surface area contributed by atoms with Crippen molar-refractivity contribution in [2.45, 2.75) is 82.5 Å². The number of hydrogen-bond acceptors (Lipinski definition) is 15. The molecule has 0 aromatic carbocycles. The second-order valence-corrected chi connectivity index (χ2v) is 20.1. The normalized spacial score (nSPS) is 14.9. The molecular weight excluding hydrogens is 978 g/mol. The number of imidazole rings is 2. The van der Waals surface area contributed by atoms with E-state index in [9.17, 15) is 19.2 Å². The molecule has 20 heteroatoms. The summed E-state index contributed by atoms with van der Waals surface area (Å²) in [6, 6.07) is 10.8. The van der Waals surface area contributed by atoms with E-state index >= 15 is 0 Å². The highest BCUT2D eigenvalue weighted by Gasteiger charge is 2.31. The van der Waals surface area contributed by atoms with E-state index < -0.39 is 0 Å². The third-order valence-corrected chi connectivity index (χ3v) is 14.2. The van der Waals surface area contributed by atoms with Crippen molar-refractivity contribution in [2.75, 3.05) is 20.0 Å². The van der Waals surface area contributed by atoms with Gasteiger partial charge < -0.3 is 42.9 Å². The van der Waals surface area contributed by atoms with Gasteiger partial charge in [0.1, 0.15) is 39.9 Å². The van der Waals surface area contributed by atoms with Crippen LogP contribution in [0.25, 0.3) is 22.3 Å². The molecule has 12 rings (SSSR count). The summed E-state index contributed by atoms with van der Waals surface area (Å²) in [5.74, 6) is 5.75. The van der Waals surface area contributed by atoms with E-state index in [0.717, 1.165) is 25.7 Å². The van der Waals surface area contributed by atoms with Crippen molar-refractivity contribution in [3.63, 3.8) is 0 Å². The monoisotopic (exact) mass is 1040 g/mol. The largest absolute Gasteiger partial charge is 0.491 e. The third kappa shape index (κ3) is 11.4. The molecule has 19 nitrogen and oxygen atoms in total. The minimum atomic E-state index is -0.0978. The molecule has 8 heterocycles. The number of Topliss-reactive ketones (excluding diaryl/α,β-unsaturated/α-hetero) is 2. The fourth-order valence-electron chi connectivity index (χ4n) is 9.06. The molecule has 4 aliphatic carbocycles.